The average molecular weight is 269 g/mol. The SMILES string of the molecule is CCC(=O)N1CCC(OI)C1. The largest absolute Gasteiger partial charge is 0.340 e. The van der Waals surface area contributed by atoms with Gasteiger partial charge in [-0.05, 0) is 6.42 Å². The van der Waals surface area contributed by atoms with Crippen LogP contribution in [0.3, 0.4) is 0 Å². The summed E-state index contributed by atoms with van der Waals surface area (Å²) in [4.78, 5) is 13.0. The summed E-state index contributed by atoms with van der Waals surface area (Å²) in [5.41, 5.74) is 0. The highest BCUT2D eigenvalue weighted by Gasteiger charge is 2.25. The smallest absolute Gasteiger partial charge is 0.222 e. The van der Waals surface area contributed by atoms with Crippen molar-refractivity contribution in [2.45, 2.75) is 25.9 Å². The van der Waals surface area contributed by atoms with Crippen molar-refractivity contribution in [2.24, 2.45) is 0 Å². The van der Waals surface area contributed by atoms with Gasteiger partial charge < -0.3 is 7.97 Å². The van der Waals surface area contributed by atoms with E-state index in [2.05, 4.69) is 0 Å². The third-order valence-corrected chi connectivity index (χ3v) is 2.65. The summed E-state index contributed by atoms with van der Waals surface area (Å²) in [6, 6.07) is 0. The first-order valence-electron chi connectivity index (χ1n) is 3.83. The van der Waals surface area contributed by atoms with E-state index in [1.54, 1.807) is 0 Å². The molecule has 11 heavy (non-hydrogen) atoms. The van der Waals surface area contributed by atoms with E-state index in [4.69, 9.17) is 3.07 Å². The van der Waals surface area contributed by atoms with Crippen LogP contribution in [0.1, 0.15) is 19.8 Å². The number of hydrogen-bond donors (Lipinski definition) is 0. The third-order valence-electron chi connectivity index (χ3n) is 1.93. The van der Waals surface area contributed by atoms with Crippen LogP contribution in [0.4, 0.5) is 0 Å². The molecule has 0 saturated carbocycles. The second kappa shape index (κ2) is 4.25. The molecule has 1 aliphatic heterocycles. The quantitative estimate of drug-likeness (QED) is 0.708. The lowest BCUT2D eigenvalue weighted by Crippen LogP contribution is -2.28. The molecule has 0 aromatic carbocycles. The molecule has 1 heterocycles. The first-order chi connectivity index (χ1) is 5.27. The lowest BCUT2D eigenvalue weighted by Gasteiger charge is -2.13. The van der Waals surface area contributed by atoms with Crippen molar-refractivity contribution in [3.05, 3.63) is 0 Å². The minimum Gasteiger partial charge on any atom is -0.340 e. The Morgan fingerprint density at radius 3 is 3.00 bits per heavy atom. The van der Waals surface area contributed by atoms with Crippen LogP contribution in [-0.4, -0.2) is 30.0 Å². The fourth-order valence-electron chi connectivity index (χ4n) is 1.25. The van der Waals surface area contributed by atoms with Gasteiger partial charge in [0.05, 0.1) is 6.10 Å². The predicted molar refractivity (Wildman–Crippen MR) is 50.4 cm³/mol. The van der Waals surface area contributed by atoms with E-state index in [0.29, 0.717) is 6.42 Å². The molecule has 3 nitrogen and oxygen atoms in total. The Bertz CT molecular complexity index is 151. The van der Waals surface area contributed by atoms with E-state index in [9.17, 15) is 4.79 Å². The Hall–Kier alpha value is 0.160. The van der Waals surface area contributed by atoms with Crippen molar-refractivity contribution in [1.29, 1.82) is 0 Å². The van der Waals surface area contributed by atoms with Crippen molar-refractivity contribution >= 4 is 28.9 Å². The lowest BCUT2D eigenvalue weighted by molar-refractivity contribution is -0.130. The molecule has 1 unspecified atom stereocenters. The van der Waals surface area contributed by atoms with Gasteiger partial charge in [-0.2, -0.15) is 0 Å². The van der Waals surface area contributed by atoms with Gasteiger partial charge in [-0.1, -0.05) is 6.92 Å². The number of carbonyl (C=O) groups excluding carboxylic acids is 1. The van der Waals surface area contributed by atoms with E-state index in [0.717, 1.165) is 19.5 Å². The molecule has 1 amide bonds. The van der Waals surface area contributed by atoms with Gasteiger partial charge in [0, 0.05) is 19.5 Å². The summed E-state index contributed by atoms with van der Waals surface area (Å²) in [6.07, 6.45) is 1.84. The summed E-state index contributed by atoms with van der Waals surface area (Å²) >= 11 is 1.90. The number of nitrogens with zero attached hydrogens (tertiary/aromatic N) is 1. The average Bonchev–Trinajstić information content (AvgIpc) is 2.50. The van der Waals surface area contributed by atoms with E-state index >= 15 is 0 Å². The fourth-order valence-corrected chi connectivity index (χ4v) is 1.67. The zero-order chi connectivity index (χ0) is 8.27. The van der Waals surface area contributed by atoms with Gasteiger partial charge in [-0.3, -0.25) is 4.79 Å². The lowest BCUT2D eigenvalue weighted by atomic mass is 10.3. The molecule has 0 bridgehead atoms. The molecule has 64 valence electrons. The maximum absolute atomic E-state index is 11.1. The summed E-state index contributed by atoms with van der Waals surface area (Å²) in [5, 5.41) is 0. The predicted octanol–water partition coefficient (Wildman–Crippen LogP) is 1.36. The number of rotatable bonds is 2. The van der Waals surface area contributed by atoms with Crippen molar-refractivity contribution in [1.82, 2.24) is 4.90 Å². The number of carbonyl (C=O) groups is 1. The molecule has 1 fully saturated rings. The molecule has 0 aliphatic carbocycles. The molecule has 1 atom stereocenters. The normalized spacial score (nSPS) is 24.2. The molecule has 1 saturated heterocycles. The zero-order valence-electron chi connectivity index (χ0n) is 6.55. The van der Waals surface area contributed by atoms with Gasteiger partial charge in [-0.25, -0.2) is 0 Å². The van der Waals surface area contributed by atoms with Gasteiger partial charge in [0.1, 0.15) is 23.0 Å². The van der Waals surface area contributed by atoms with Gasteiger partial charge in [-0.15, -0.1) is 0 Å². The fraction of sp³-hybridized carbons (Fsp3) is 0.857. The molecular formula is C7H12INO2. The van der Waals surface area contributed by atoms with E-state index < -0.39 is 0 Å². The zero-order valence-corrected chi connectivity index (χ0v) is 8.70. The minimum absolute atomic E-state index is 0.237. The van der Waals surface area contributed by atoms with Crippen molar-refractivity contribution in [3.8, 4) is 0 Å². The Balaban J connectivity index is 2.35. The molecule has 0 N–H and O–H groups in total. The monoisotopic (exact) mass is 269 g/mol. The van der Waals surface area contributed by atoms with E-state index in [1.165, 1.54) is 0 Å². The molecule has 0 aromatic rings. The van der Waals surface area contributed by atoms with Crippen molar-refractivity contribution in [2.75, 3.05) is 13.1 Å². The second-order valence-electron chi connectivity index (χ2n) is 2.69. The molecule has 1 aliphatic rings. The summed E-state index contributed by atoms with van der Waals surface area (Å²) in [6.45, 7) is 3.52. The van der Waals surface area contributed by atoms with Crippen LogP contribution in [0.5, 0.6) is 0 Å². The molecule has 0 radical (unpaired) electrons. The Morgan fingerprint density at radius 1 is 1.82 bits per heavy atom. The van der Waals surface area contributed by atoms with Crippen LogP contribution in [0.15, 0.2) is 0 Å². The number of hydrogen-bond acceptors (Lipinski definition) is 2. The van der Waals surface area contributed by atoms with Crippen molar-refractivity contribution in [3.63, 3.8) is 0 Å². The van der Waals surface area contributed by atoms with Crippen LogP contribution in [0.25, 0.3) is 0 Å². The number of halogens is 1. The highest BCUT2D eigenvalue weighted by molar-refractivity contribution is 14.1. The first kappa shape index (κ1) is 9.25. The minimum atomic E-state index is 0.237. The highest BCUT2D eigenvalue weighted by Crippen LogP contribution is 2.15. The molecule has 1 rings (SSSR count). The third kappa shape index (κ3) is 2.30. The van der Waals surface area contributed by atoms with Crippen molar-refractivity contribution < 1.29 is 7.86 Å². The van der Waals surface area contributed by atoms with Gasteiger partial charge in [0.2, 0.25) is 5.91 Å². The molecule has 4 heteroatoms. The maximum atomic E-state index is 11.1. The van der Waals surface area contributed by atoms with Gasteiger partial charge in [0.15, 0.2) is 0 Å². The topological polar surface area (TPSA) is 29.5 Å². The van der Waals surface area contributed by atoms with E-state index in [-0.39, 0.29) is 12.0 Å². The Labute approximate surface area is 80.8 Å². The first-order valence-corrected chi connectivity index (χ1v) is 4.71. The van der Waals surface area contributed by atoms with Gasteiger partial charge in [0.25, 0.3) is 0 Å². The highest BCUT2D eigenvalue weighted by atomic mass is 127. The number of amides is 1. The van der Waals surface area contributed by atoms with Crippen LogP contribution in [-0.2, 0) is 7.86 Å². The van der Waals surface area contributed by atoms with E-state index in [1.807, 2.05) is 34.8 Å². The van der Waals surface area contributed by atoms with Crippen LogP contribution < -0.4 is 0 Å². The number of likely N-dealkylation sites (tertiary alicyclic amines) is 1. The summed E-state index contributed by atoms with van der Waals surface area (Å²) < 4.78 is 5.11. The second-order valence-corrected chi connectivity index (χ2v) is 3.20. The summed E-state index contributed by atoms with van der Waals surface area (Å²) in [5.74, 6) is 0.237. The standard InChI is InChI=1S/C7H12INO2/c1-2-7(10)9-4-3-6(5-9)11-8/h6H,2-5H2,1H3. The van der Waals surface area contributed by atoms with Crippen LogP contribution >= 0.6 is 23.0 Å². The molecular weight excluding hydrogens is 257 g/mol. The summed E-state index contributed by atoms with van der Waals surface area (Å²) in [7, 11) is 0. The van der Waals surface area contributed by atoms with Crippen LogP contribution in [0, 0.1) is 0 Å². The molecule has 0 spiro atoms. The molecule has 0 aromatic heterocycles. The Kier molecular flexibility index (Phi) is 3.58. The maximum Gasteiger partial charge on any atom is 0.222 e. The van der Waals surface area contributed by atoms with Crippen LogP contribution in [0.2, 0.25) is 0 Å². The van der Waals surface area contributed by atoms with Gasteiger partial charge >= 0.3 is 0 Å². The Morgan fingerprint density at radius 2 is 2.55 bits per heavy atom.